The minimum absolute atomic E-state index is 0.213. The van der Waals surface area contributed by atoms with E-state index in [1.54, 1.807) is 17.5 Å². The van der Waals surface area contributed by atoms with Gasteiger partial charge in [0.15, 0.2) is 0 Å². The van der Waals surface area contributed by atoms with Crippen LogP contribution >= 0.6 is 11.3 Å². The van der Waals surface area contributed by atoms with Gasteiger partial charge in [0.1, 0.15) is 11.3 Å². The van der Waals surface area contributed by atoms with Crippen LogP contribution in [0.5, 0.6) is 5.75 Å². The van der Waals surface area contributed by atoms with Crippen LogP contribution in [-0.2, 0) is 4.74 Å². The Bertz CT molecular complexity index is 794. The van der Waals surface area contributed by atoms with Gasteiger partial charge in [-0.3, -0.25) is 4.98 Å². The van der Waals surface area contributed by atoms with E-state index in [1.165, 1.54) is 4.88 Å². The molecule has 1 N–H and O–H groups in total. The Kier molecular flexibility index (Phi) is 4.02. The Morgan fingerprint density at radius 1 is 1.13 bits per heavy atom. The molecule has 0 aliphatic carbocycles. The Morgan fingerprint density at radius 2 is 2.00 bits per heavy atom. The zero-order valence-corrected chi connectivity index (χ0v) is 13.6. The van der Waals surface area contributed by atoms with Gasteiger partial charge in [-0.15, -0.1) is 11.3 Å². The van der Waals surface area contributed by atoms with Crippen LogP contribution in [0.25, 0.3) is 10.9 Å². The molecule has 1 aliphatic rings. The van der Waals surface area contributed by atoms with Gasteiger partial charge >= 0.3 is 0 Å². The van der Waals surface area contributed by atoms with Crippen molar-refractivity contribution in [2.24, 2.45) is 5.92 Å². The topological polar surface area (TPSA) is 42.4 Å². The van der Waals surface area contributed by atoms with Crippen LogP contribution in [-0.4, -0.2) is 23.3 Å². The molecule has 2 aromatic heterocycles. The maximum Gasteiger partial charge on any atom is 0.145 e. The predicted molar refractivity (Wildman–Crippen MR) is 93.1 cm³/mol. The summed E-state index contributed by atoms with van der Waals surface area (Å²) in [6.07, 6.45) is 3.80. The number of aromatic nitrogens is 1. The van der Waals surface area contributed by atoms with Gasteiger partial charge in [0.2, 0.25) is 0 Å². The fourth-order valence-electron chi connectivity index (χ4n) is 3.55. The molecule has 0 bridgehead atoms. The summed E-state index contributed by atoms with van der Waals surface area (Å²) in [6.45, 7) is 1.61. The van der Waals surface area contributed by atoms with E-state index in [4.69, 9.17) is 4.74 Å². The number of nitrogens with zero attached hydrogens (tertiary/aromatic N) is 1. The van der Waals surface area contributed by atoms with E-state index in [1.807, 2.05) is 12.1 Å². The number of hydrogen-bond donors (Lipinski definition) is 1. The molecule has 1 saturated heterocycles. The first kappa shape index (κ1) is 14.7. The van der Waals surface area contributed by atoms with Crippen molar-refractivity contribution in [2.45, 2.75) is 18.8 Å². The van der Waals surface area contributed by atoms with Crippen molar-refractivity contribution in [3.8, 4) is 5.75 Å². The molecule has 0 spiro atoms. The van der Waals surface area contributed by atoms with E-state index in [2.05, 4.69) is 34.6 Å². The molecule has 0 amide bonds. The lowest BCUT2D eigenvalue weighted by Gasteiger charge is -2.30. The first-order valence-corrected chi connectivity index (χ1v) is 8.90. The first-order chi connectivity index (χ1) is 11.3. The largest absolute Gasteiger partial charge is 0.505 e. The van der Waals surface area contributed by atoms with Crippen molar-refractivity contribution in [1.82, 2.24) is 4.98 Å². The average Bonchev–Trinajstić information content (AvgIpc) is 3.13. The van der Waals surface area contributed by atoms with Crippen molar-refractivity contribution in [1.29, 1.82) is 0 Å². The number of ether oxygens (including phenoxy) is 1. The number of benzene rings is 1. The highest BCUT2D eigenvalue weighted by Gasteiger charge is 2.30. The van der Waals surface area contributed by atoms with Crippen molar-refractivity contribution < 1.29 is 9.84 Å². The second-order valence-corrected chi connectivity index (χ2v) is 7.00. The van der Waals surface area contributed by atoms with Crippen LogP contribution < -0.4 is 0 Å². The van der Waals surface area contributed by atoms with E-state index < -0.39 is 0 Å². The molecule has 0 saturated carbocycles. The molecular formula is C19H19NO2S. The fourth-order valence-corrected chi connectivity index (χ4v) is 4.49. The molecule has 1 fully saturated rings. The molecule has 1 aliphatic heterocycles. The average molecular weight is 325 g/mol. The minimum atomic E-state index is 0.213. The Morgan fingerprint density at radius 3 is 2.78 bits per heavy atom. The van der Waals surface area contributed by atoms with Crippen LogP contribution in [0.4, 0.5) is 0 Å². The van der Waals surface area contributed by atoms with Crippen LogP contribution in [0.15, 0.2) is 48.0 Å². The second-order valence-electron chi connectivity index (χ2n) is 6.02. The summed E-state index contributed by atoms with van der Waals surface area (Å²) in [6, 6.07) is 12.3. The highest BCUT2D eigenvalue weighted by molar-refractivity contribution is 7.10. The van der Waals surface area contributed by atoms with Gasteiger partial charge in [0, 0.05) is 41.2 Å². The molecule has 3 heterocycles. The first-order valence-electron chi connectivity index (χ1n) is 8.02. The number of aromatic hydroxyl groups is 1. The molecule has 3 nitrogen and oxygen atoms in total. The summed E-state index contributed by atoms with van der Waals surface area (Å²) in [7, 11) is 0. The lowest BCUT2D eigenvalue weighted by molar-refractivity contribution is 0.0617. The third-order valence-electron chi connectivity index (χ3n) is 4.70. The number of hydrogen-bond acceptors (Lipinski definition) is 4. The van der Waals surface area contributed by atoms with Gasteiger partial charge in [-0.1, -0.05) is 24.3 Å². The maximum atomic E-state index is 10.9. The van der Waals surface area contributed by atoms with E-state index >= 15 is 0 Å². The maximum absolute atomic E-state index is 10.9. The van der Waals surface area contributed by atoms with Gasteiger partial charge in [0.05, 0.1) is 0 Å². The van der Waals surface area contributed by atoms with E-state index in [0.29, 0.717) is 17.2 Å². The summed E-state index contributed by atoms with van der Waals surface area (Å²) in [4.78, 5) is 5.69. The number of phenols is 1. The molecule has 1 aromatic carbocycles. The lowest BCUT2D eigenvalue weighted by Crippen LogP contribution is -2.22. The van der Waals surface area contributed by atoms with Gasteiger partial charge in [-0.25, -0.2) is 0 Å². The summed E-state index contributed by atoms with van der Waals surface area (Å²) >= 11 is 1.76. The van der Waals surface area contributed by atoms with Crippen molar-refractivity contribution in [3.05, 3.63) is 58.4 Å². The van der Waals surface area contributed by atoms with E-state index in [-0.39, 0.29) is 5.92 Å². The van der Waals surface area contributed by atoms with Crippen molar-refractivity contribution >= 4 is 22.2 Å². The molecule has 4 rings (SSSR count). The highest BCUT2D eigenvalue weighted by atomic mass is 32.1. The Balaban J connectivity index is 1.84. The smallest absolute Gasteiger partial charge is 0.145 e. The third-order valence-corrected chi connectivity index (χ3v) is 5.66. The summed E-state index contributed by atoms with van der Waals surface area (Å²) in [5.74, 6) is 1.03. The van der Waals surface area contributed by atoms with E-state index in [0.717, 1.165) is 37.0 Å². The van der Waals surface area contributed by atoms with Crippen LogP contribution in [0.2, 0.25) is 0 Å². The number of phenolic OH excluding ortho intramolecular Hbond substituents is 1. The van der Waals surface area contributed by atoms with Gasteiger partial charge in [-0.2, -0.15) is 0 Å². The normalized spacial score (nSPS) is 17.4. The van der Waals surface area contributed by atoms with Crippen LogP contribution in [0, 0.1) is 5.92 Å². The monoisotopic (exact) mass is 325 g/mol. The molecule has 1 unspecified atom stereocenters. The molecule has 1 atom stereocenters. The summed E-state index contributed by atoms with van der Waals surface area (Å²) in [5.41, 5.74) is 1.68. The van der Waals surface area contributed by atoms with Crippen LogP contribution in [0.1, 0.15) is 29.2 Å². The molecular weight excluding hydrogens is 306 g/mol. The van der Waals surface area contributed by atoms with Crippen LogP contribution in [0.3, 0.4) is 0 Å². The molecule has 0 radical (unpaired) electrons. The highest BCUT2D eigenvalue weighted by Crippen LogP contribution is 2.44. The summed E-state index contributed by atoms with van der Waals surface area (Å²) < 4.78 is 5.53. The van der Waals surface area contributed by atoms with Gasteiger partial charge in [-0.05, 0) is 36.3 Å². The third kappa shape index (κ3) is 2.73. The van der Waals surface area contributed by atoms with Crippen molar-refractivity contribution in [3.63, 3.8) is 0 Å². The zero-order valence-electron chi connectivity index (χ0n) is 12.8. The molecule has 23 heavy (non-hydrogen) atoms. The summed E-state index contributed by atoms with van der Waals surface area (Å²) in [5, 5.41) is 13.9. The Hall–Kier alpha value is -1.91. The number of fused-ring (bicyclic) bond motifs is 1. The van der Waals surface area contributed by atoms with Gasteiger partial charge in [0.25, 0.3) is 0 Å². The minimum Gasteiger partial charge on any atom is -0.505 e. The fraction of sp³-hybridized carbons (Fsp3) is 0.316. The number of rotatable bonds is 3. The number of pyridine rings is 1. The quantitative estimate of drug-likeness (QED) is 0.767. The number of thiophene rings is 1. The molecule has 4 heteroatoms. The zero-order chi connectivity index (χ0) is 15.6. The predicted octanol–water partition coefficient (Wildman–Crippen LogP) is 4.56. The molecule has 118 valence electrons. The lowest BCUT2D eigenvalue weighted by atomic mass is 9.79. The van der Waals surface area contributed by atoms with E-state index in [9.17, 15) is 5.11 Å². The SMILES string of the molecule is Oc1c(C(c2cccs2)C2CCOCC2)ccc2cccnc12. The van der Waals surface area contributed by atoms with Crippen molar-refractivity contribution in [2.75, 3.05) is 13.2 Å². The Labute approximate surface area is 139 Å². The molecule has 3 aromatic rings. The van der Waals surface area contributed by atoms with Gasteiger partial charge < -0.3 is 9.84 Å². The second kappa shape index (κ2) is 6.30. The standard InChI is InChI=1S/C19H19NO2S/c21-19-15(6-5-14-3-1-9-20-18(14)19)17(16-4-2-12-23-16)13-7-10-22-11-8-13/h1-6,9,12-13,17,21H,7-8,10-11H2.